The zero-order valence-corrected chi connectivity index (χ0v) is 10.5. The predicted octanol–water partition coefficient (Wildman–Crippen LogP) is 3.18. The number of halogens is 1. The van der Waals surface area contributed by atoms with Crippen molar-refractivity contribution in [1.29, 1.82) is 0 Å². The number of nitrogens with one attached hydrogen (secondary N) is 1. The second kappa shape index (κ2) is 5.34. The quantitative estimate of drug-likeness (QED) is 0.874. The summed E-state index contributed by atoms with van der Waals surface area (Å²) in [6.45, 7) is 2.73. The minimum atomic E-state index is 0.302. The van der Waals surface area contributed by atoms with E-state index in [1.165, 1.54) is 0 Å². The average molecular weight is 250 g/mol. The first-order valence-corrected chi connectivity index (χ1v) is 6.13. The third-order valence-corrected chi connectivity index (χ3v) is 3.17. The highest BCUT2D eigenvalue weighted by molar-refractivity contribution is 6.30. The molecular formula is C13H16ClN3. The lowest BCUT2D eigenvalue weighted by molar-refractivity contribution is 0.639. The Labute approximate surface area is 106 Å². The Morgan fingerprint density at radius 3 is 2.65 bits per heavy atom. The number of aromatic amines is 1. The summed E-state index contributed by atoms with van der Waals surface area (Å²) in [7, 11) is 0. The molecule has 0 aliphatic heterocycles. The van der Waals surface area contributed by atoms with Crippen molar-refractivity contribution in [2.24, 2.45) is 5.73 Å². The van der Waals surface area contributed by atoms with Crippen LogP contribution in [0.3, 0.4) is 0 Å². The number of nitrogens with zero attached hydrogens (tertiary/aromatic N) is 1. The molecular weight excluding hydrogens is 234 g/mol. The Morgan fingerprint density at radius 2 is 2.06 bits per heavy atom. The van der Waals surface area contributed by atoms with E-state index in [0.29, 0.717) is 12.5 Å². The van der Waals surface area contributed by atoms with Gasteiger partial charge in [-0.2, -0.15) is 0 Å². The molecule has 2 aromatic rings. The molecule has 0 saturated heterocycles. The fraction of sp³-hybridized carbons (Fsp3) is 0.308. The summed E-state index contributed by atoms with van der Waals surface area (Å²) in [4.78, 5) is 7.71. The summed E-state index contributed by atoms with van der Waals surface area (Å²) in [6.07, 6.45) is 2.83. The van der Waals surface area contributed by atoms with Gasteiger partial charge in [-0.3, -0.25) is 0 Å². The smallest absolute Gasteiger partial charge is 0.110 e. The molecule has 0 spiro atoms. The van der Waals surface area contributed by atoms with E-state index in [1.807, 2.05) is 30.5 Å². The molecule has 0 fully saturated rings. The van der Waals surface area contributed by atoms with Crippen molar-refractivity contribution < 1.29 is 0 Å². The lowest BCUT2D eigenvalue weighted by Gasteiger charge is -2.07. The average Bonchev–Trinajstić information content (AvgIpc) is 2.81. The van der Waals surface area contributed by atoms with Crippen LogP contribution in [0.1, 0.15) is 25.1 Å². The second-order valence-electron chi connectivity index (χ2n) is 4.03. The molecule has 0 radical (unpaired) electrons. The van der Waals surface area contributed by atoms with E-state index in [1.54, 1.807) is 0 Å². The Morgan fingerprint density at radius 1 is 1.35 bits per heavy atom. The molecule has 3 N–H and O–H groups in total. The highest BCUT2D eigenvalue weighted by Gasteiger charge is 2.11. The van der Waals surface area contributed by atoms with E-state index in [-0.39, 0.29) is 0 Å². The first-order chi connectivity index (χ1) is 8.24. The number of hydrogen-bond acceptors (Lipinski definition) is 2. The van der Waals surface area contributed by atoms with Crippen LogP contribution >= 0.6 is 11.6 Å². The van der Waals surface area contributed by atoms with E-state index >= 15 is 0 Å². The van der Waals surface area contributed by atoms with Gasteiger partial charge in [-0.15, -0.1) is 0 Å². The lowest BCUT2D eigenvalue weighted by atomic mass is 10.1. The molecule has 2 rings (SSSR count). The molecule has 1 heterocycles. The van der Waals surface area contributed by atoms with Crippen LogP contribution < -0.4 is 5.73 Å². The Kier molecular flexibility index (Phi) is 3.82. The van der Waals surface area contributed by atoms with Crippen molar-refractivity contribution in [3.05, 3.63) is 41.3 Å². The van der Waals surface area contributed by atoms with Crippen molar-refractivity contribution in [2.45, 2.75) is 19.3 Å². The number of benzene rings is 1. The first kappa shape index (κ1) is 12.1. The number of H-pyrrole nitrogens is 1. The van der Waals surface area contributed by atoms with Crippen LogP contribution in [0.15, 0.2) is 30.5 Å². The summed E-state index contributed by atoms with van der Waals surface area (Å²) >= 11 is 5.86. The molecule has 0 aliphatic carbocycles. The minimum absolute atomic E-state index is 0.302. The van der Waals surface area contributed by atoms with E-state index < -0.39 is 0 Å². The molecule has 90 valence electrons. The van der Waals surface area contributed by atoms with Gasteiger partial charge in [0.1, 0.15) is 5.82 Å². The van der Waals surface area contributed by atoms with Crippen LogP contribution in [0.25, 0.3) is 11.3 Å². The Bertz CT molecular complexity index is 472. The van der Waals surface area contributed by atoms with Crippen molar-refractivity contribution in [3.8, 4) is 11.3 Å². The van der Waals surface area contributed by atoms with Gasteiger partial charge in [0.2, 0.25) is 0 Å². The predicted molar refractivity (Wildman–Crippen MR) is 71.1 cm³/mol. The lowest BCUT2D eigenvalue weighted by Crippen LogP contribution is -2.12. The molecule has 1 aromatic carbocycles. The summed E-state index contributed by atoms with van der Waals surface area (Å²) in [5.74, 6) is 1.26. The van der Waals surface area contributed by atoms with Crippen LogP contribution in [0.2, 0.25) is 5.02 Å². The van der Waals surface area contributed by atoms with E-state index in [4.69, 9.17) is 17.3 Å². The van der Waals surface area contributed by atoms with E-state index in [0.717, 1.165) is 28.5 Å². The molecule has 0 amide bonds. The Hall–Kier alpha value is -1.32. The van der Waals surface area contributed by atoms with Gasteiger partial charge in [-0.05, 0) is 24.1 Å². The maximum atomic E-state index is 5.86. The van der Waals surface area contributed by atoms with Crippen LogP contribution in [0.4, 0.5) is 0 Å². The normalized spacial score (nSPS) is 12.6. The number of nitrogens with two attached hydrogens (primary N) is 1. The molecule has 1 aromatic heterocycles. The van der Waals surface area contributed by atoms with Crippen LogP contribution in [0.5, 0.6) is 0 Å². The summed E-state index contributed by atoms with van der Waals surface area (Å²) in [6, 6.07) is 7.70. The van der Waals surface area contributed by atoms with Gasteiger partial charge in [0.15, 0.2) is 0 Å². The molecule has 0 aliphatic rings. The summed E-state index contributed by atoms with van der Waals surface area (Å²) in [5.41, 5.74) is 7.79. The Balaban J connectivity index is 2.26. The van der Waals surface area contributed by atoms with Gasteiger partial charge in [-0.1, -0.05) is 30.7 Å². The molecule has 4 heteroatoms. The molecule has 1 unspecified atom stereocenters. The van der Waals surface area contributed by atoms with Gasteiger partial charge in [0, 0.05) is 17.5 Å². The topological polar surface area (TPSA) is 54.7 Å². The SMILES string of the molecule is CCC(CN)c1ncc(-c2ccc(Cl)cc2)[nH]1. The number of hydrogen-bond donors (Lipinski definition) is 2. The highest BCUT2D eigenvalue weighted by Crippen LogP contribution is 2.22. The maximum Gasteiger partial charge on any atom is 0.110 e. The molecule has 0 bridgehead atoms. The van der Waals surface area contributed by atoms with E-state index in [9.17, 15) is 0 Å². The fourth-order valence-corrected chi connectivity index (χ4v) is 1.92. The van der Waals surface area contributed by atoms with Gasteiger partial charge < -0.3 is 10.7 Å². The maximum absolute atomic E-state index is 5.86. The highest BCUT2D eigenvalue weighted by atomic mass is 35.5. The second-order valence-corrected chi connectivity index (χ2v) is 4.47. The van der Waals surface area contributed by atoms with Gasteiger partial charge >= 0.3 is 0 Å². The van der Waals surface area contributed by atoms with Crippen molar-refractivity contribution >= 4 is 11.6 Å². The number of aromatic nitrogens is 2. The fourth-order valence-electron chi connectivity index (χ4n) is 1.79. The standard InChI is InChI=1S/C13H16ClN3/c1-2-9(7-15)13-16-8-12(17-13)10-3-5-11(14)6-4-10/h3-6,8-9H,2,7,15H2,1H3,(H,16,17). The molecule has 3 nitrogen and oxygen atoms in total. The van der Waals surface area contributed by atoms with Gasteiger partial charge in [0.05, 0.1) is 11.9 Å². The van der Waals surface area contributed by atoms with Crippen molar-refractivity contribution in [2.75, 3.05) is 6.54 Å². The number of imidazole rings is 1. The van der Waals surface area contributed by atoms with Gasteiger partial charge in [-0.25, -0.2) is 4.98 Å². The van der Waals surface area contributed by atoms with Crippen LogP contribution in [-0.4, -0.2) is 16.5 Å². The first-order valence-electron chi connectivity index (χ1n) is 5.75. The van der Waals surface area contributed by atoms with Crippen LogP contribution in [-0.2, 0) is 0 Å². The third-order valence-electron chi connectivity index (χ3n) is 2.91. The largest absolute Gasteiger partial charge is 0.342 e. The zero-order valence-electron chi connectivity index (χ0n) is 9.78. The van der Waals surface area contributed by atoms with Gasteiger partial charge in [0.25, 0.3) is 0 Å². The minimum Gasteiger partial charge on any atom is -0.342 e. The zero-order chi connectivity index (χ0) is 12.3. The summed E-state index contributed by atoms with van der Waals surface area (Å²) in [5, 5.41) is 0.738. The summed E-state index contributed by atoms with van der Waals surface area (Å²) < 4.78 is 0. The monoisotopic (exact) mass is 249 g/mol. The molecule has 0 saturated carbocycles. The molecule has 17 heavy (non-hydrogen) atoms. The number of rotatable bonds is 4. The van der Waals surface area contributed by atoms with Crippen molar-refractivity contribution in [3.63, 3.8) is 0 Å². The van der Waals surface area contributed by atoms with Crippen LogP contribution in [0, 0.1) is 0 Å². The van der Waals surface area contributed by atoms with E-state index in [2.05, 4.69) is 16.9 Å². The van der Waals surface area contributed by atoms with Crippen molar-refractivity contribution in [1.82, 2.24) is 9.97 Å². The third kappa shape index (κ3) is 2.68. The molecule has 1 atom stereocenters.